The number of hydrogen-bond acceptors (Lipinski definition) is 6. The van der Waals surface area contributed by atoms with E-state index in [1.807, 2.05) is 0 Å². The van der Waals surface area contributed by atoms with Crippen LogP contribution in [-0.4, -0.2) is 52.4 Å². The van der Waals surface area contributed by atoms with Crippen LogP contribution in [0.15, 0.2) is 24.3 Å². The largest absolute Gasteiger partial charge is 0.374 e. The van der Waals surface area contributed by atoms with Crippen LogP contribution in [0.3, 0.4) is 0 Å². The van der Waals surface area contributed by atoms with E-state index in [0.717, 1.165) is 0 Å². The number of hydrogen-bond donors (Lipinski definition) is 4. The molecule has 1 aliphatic rings. The highest BCUT2D eigenvalue weighted by atomic mass is 35.5. The number of pyridine rings is 1. The van der Waals surface area contributed by atoms with E-state index >= 15 is 0 Å². The summed E-state index contributed by atoms with van der Waals surface area (Å²) in [5.74, 6) is -2.20. The summed E-state index contributed by atoms with van der Waals surface area (Å²) in [5.41, 5.74) is 6.86. The smallest absolute Gasteiger partial charge is 0.267 e. The summed E-state index contributed by atoms with van der Waals surface area (Å²) >= 11 is 5.85. The van der Waals surface area contributed by atoms with Gasteiger partial charge in [-0.2, -0.15) is 0 Å². The fourth-order valence-corrected chi connectivity index (χ4v) is 4.41. The third-order valence-corrected chi connectivity index (χ3v) is 6.23. The fraction of sp³-hybridized carbons (Fsp3) is 0.375. The Balaban J connectivity index is 1.70. The number of carbonyl (C=O) groups excluding carboxylic acids is 3. The van der Waals surface area contributed by atoms with Gasteiger partial charge in [0.2, 0.25) is 11.8 Å². The molecule has 3 rings (SSSR count). The van der Waals surface area contributed by atoms with Crippen LogP contribution >= 0.6 is 11.6 Å². The molecule has 1 aliphatic heterocycles. The fourth-order valence-electron chi connectivity index (χ4n) is 4.23. The molecule has 2 heterocycles. The minimum atomic E-state index is -0.897. The number of rotatable bonds is 8. The summed E-state index contributed by atoms with van der Waals surface area (Å²) in [6.07, 6.45) is 1.12. The maximum Gasteiger partial charge on any atom is 0.267 e. The Labute approximate surface area is 207 Å². The summed E-state index contributed by atoms with van der Waals surface area (Å²) < 4.78 is 14.3. The Hall–Kier alpha value is -3.53. The molecule has 1 fully saturated rings. The predicted molar refractivity (Wildman–Crippen MR) is 131 cm³/mol. The van der Waals surface area contributed by atoms with Crippen LogP contribution in [0.5, 0.6) is 0 Å². The topological polar surface area (TPSA) is 141 Å². The van der Waals surface area contributed by atoms with Crippen molar-refractivity contribution >= 4 is 40.7 Å². The van der Waals surface area contributed by atoms with E-state index in [-0.39, 0.29) is 34.5 Å². The lowest BCUT2D eigenvalue weighted by Crippen LogP contribution is -2.48. The summed E-state index contributed by atoms with van der Waals surface area (Å²) in [4.78, 5) is 43.3. The summed E-state index contributed by atoms with van der Waals surface area (Å²) in [6, 6.07) is 4.80. The molecule has 2 atom stereocenters. The van der Waals surface area contributed by atoms with Gasteiger partial charge in [0.25, 0.3) is 5.91 Å². The van der Waals surface area contributed by atoms with Crippen molar-refractivity contribution in [1.82, 2.24) is 15.2 Å². The third-order valence-electron chi connectivity index (χ3n) is 5.94. The van der Waals surface area contributed by atoms with Gasteiger partial charge >= 0.3 is 0 Å². The lowest BCUT2D eigenvalue weighted by molar-refractivity contribution is -0.137. The number of halogens is 2. The van der Waals surface area contributed by atoms with E-state index < -0.39 is 29.5 Å². The van der Waals surface area contributed by atoms with Gasteiger partial charge in [-0.3, -0.25) is 24.8 Å². The molecule has 5 N–H and O–H groups in total. The number of primary amides is 1. The highest BCUT2D eigenvalue weighted by Gasteiger charge is 2.35. The van der Waals surface area contributed by atoms with Crippen LogP contribution in [0.4, 0.5) is 10.1 Å². The highest BCUT2D eigenvalue weighted by molar-refractivity contribution is 6.44. The predicted octanol–water partition coefficient (Wildman–Crippen LogP) is 2.62. The number of aryl methyl sites for hydroxylation is 2. The molecule has 3 amide bonds. The monoisotopic (exact) mass is 502 g/mol. The molecular weight excluding hydrogens is 475 g/mol. The van der Waals surface area contributed by atoms with Crippen LogP contribution in [0.2, 0.25) is 5.02 Å². The van der Waals surface area contributed by atoms with Crippen molar-refractivity contribution in [2.45, 2.75) is 45.7 Å². The van der Waals surface area contributed by atoms with E-state index in [2.05, 4.69) is 15.6 Å². The first-order valence-electron chi connectivity index (χ1n) is 11.2. The average molecular weight is 503 g/mol. The number of amides is 3. The molecule has 1 saturated heterocycles. The number of carbonyl (C=O) groups is 3. The van der Waals surface area contributed by atoms with Crippen molar-refractivity contribution in [2.75, 3.05) is 18.4 Å². The quantitative estimate of drug-likeness (QED) is 0.410. The van der Waals surface area contributed by atoms with Crippen LogP contribution < -0.4 is 16.4 Å². The molecule has 0 spiro atoms. The number of nitrogens with two attached hydrogens (primary N) is 1. The van der Waals surface area contributed by atoms with Gasteiger partial charge in [0.15, 0.2) is 0 Å². The zero-order valence-corrected chi connectivity index (χ0v) is 20.5. The van der Waals surface area contributed by atoms with E-state index in [4.69, 9.17) is 22.7 Å². The van der Waals surface area contributed by atoms with Gasteiger partial charge in [-0.15, -0.1) is 0 Å². The summed E-state index contributed by atoms with van der Waals surface area (Å²) in [6.45, 7) is 5.29. The number of benzene rings is 1. The number of likely N-dealkylation sites (tertiary alicyclic amines) is 1. The second-order valence-corrected chi connectivity index (χ2v) is 8.89. The van der Waals surface area contributed by atoms with Gasteiger partial charge in [0, 0.05) is 23.4 Å². The molecule has 0 saturated carbocycles. The normalized spacial score (nSPS) is 16.0. The minimum Gasteiger partial charge on any atom is -0.374 e. The summed E-state index contributed by atoms with van der Waals surface area (Å²) in [5, 5.41) is 13.7. The minimum absolute atomic E-state index is 0.0305. The van der Waals surface area contributed by atoms with Gasteiger partial charge in [0.05, 0.1) is 29.0 Å². The van der Waals surface area contributed by atoms with E-state index in [1.54, 1.807) is 39.0 Å². The van der Waals surface area contributed by atoms with Gasteiger partial charge in [0.1, 0.15) is 17.6 Å². The molecular formula is C24H28ClFN6O3. The SMILES string of the molecule is Cc1cc(C(=N)C(N)=O)c(NCC(=O)N2CCC[C@H]2C(=O)N[C@H](C)c2cccc(Cl)c2F)c(C)n1. The molecule has 1 aromatic heterocycles. The standard InChI is InChI=1S/C24H28ClFN6O3/c1-12-10-16(21(27)23(28)34)22(14(3)30-12)29-11-19(33)32-9-5-8-18(32)24(35)31-13(2)15-6-4-7-17(25)20(15)26/h4,6-7,10,13,18,27,29H,5,8-9,11H2,1-3H3,(H2,28,34)(H,31,35)/t13-,18+/m1/s1. The van der Waals surface area contributed by atoms with Crippen LogP contribution in [0, 0.1) is 25.1 Å². The molecule has 2 aromatic rings. The molecule has 0 aliphatic carbocycles. The highest BCUT2D eigenvalue weighted by Crippen LogP contribution is 2.25. The zero-order valence-electron chi connectivity index (χ0n) is 19.7. The van der Waals surface area contributed by atoms with E-state index in [0.29, 0.717) is 36.5 Å². The van der Waals surface area contributed by atoms with Crippen molar-refractivity contribution in [3.63, 3.8) is 0 Å². The Bertz CT molecular complexity index is 1190. The number of aromatic nitrogens is 1. The van der Waals surface area contributed by atoms with Crippen LogP contribution in [-0.2, 0) is 14.4 Å². The van der Waals surface area contributed by atoms with Gasteiger partial charge in [-0.25, -0.2) is 4.39 Å². The second kappa shape index (κ2) is 10.8. The molecule has 0 bridgehead atoms. The Morgan fingerprint density at radius 2 is 2.06 bits per heavy atom. The van der Waals surface area contributed by atoms with Crippen LogP contribution in [0.25, 0.3) is 0 Å². The molecule has 0 unspecified atom stereocenters. The Kier molecular flexibility index (Phi) is 8.06. The lowest BCUT2D eigenvalue weighted by atomic mass is 10.1. The van der Waals surface area contributed by atoms with Crippen LogP contribution in [0.1, 0.15) is 48.3 Å². The second-order valence-electron chi connectivity index (χ2n) is 8.48. The first-order chi connectivity index (χ1) is 16.5. The molecule has 1 aromatic carbocycles. The molecule has 186 valence electrons. The van der Waals surface area contributed by atoms with Crippen molar-refractivity contribution in [1.29, 1.82) is 5.41 Å². The maximum absolute atomic E-state index is 14.3. The molecule has 0 radical (unpaired) electrons. The molecule has 35 heavy (non-hydrogen) atoms. The number of anilines is 1. The van der Waals surface area contributed by atoms with Gasteiger partial charge in [-0.1, -0.05) is 23.7 Å². The van der Waals surface area contributed by atoms with Crippen molar-refractivity contribution < 1.29 is 18.8 Å². The van der Waals surface area contributed by atoms with E-state index in [1.165, 1.54) is 11.0 Å². The maximum atomic E-state index is 14.3. The summed E-state index contributed by atoms with van der Waals surface area (Å²) in [7, 11) is 0. The Morgan fingerprint density at radius 3 is 2.74 bits per heavy atom. The lowest BCUT2D eigenvalue weighted by Gasteiger charge is -2.26. The first kappa shape index (κ1) is 26.1. The number of nitrogens with one attached hydrogen (secondary N) is 3. The third kappa shape index (κ3) is 5.76. The number of nitrogens with zero attached hydrogens (tertiary/aromatic N) is 2. The average Bonchev–Trinajstić information content (AvgIpc) is 3.29. The molecule has 11 heteroatoms. The molecule has 9 nitrogen and oxygen atoms in total. The van der Waals surface area contributed by atoms with Crippen molar-refractivity contribution in [2.24, 2.45) is 5.73 Å². The first-order valence-corrected chi connectivity index (χ1v) is 11.5. The van der Waals surface area contributed by atoms with E-state index in [9.17, 15) is 18.8 Å². The van der Waals surface area contributed by atoms with Gasteiger partial charge in [-0.05, 0) is 45.7 Å². The van der Waals surface area contributed by atoms with Crippen molar-refractivity contribution in [3.05, 3.63) is 57.6 Å². The zero-order chi connectivity index (χ0) is 25.9. The van der Waals surface area contributed by atoms with Gasteiger partial charge < -0.3 is 21.3 Å². The van der Waals surface area contributed by atoms with Crippen molar-refractivity contribution in [3.8, 4) is 0 Å². The Morgan fingerprint density at radius 1 is 1.34 bits per heavy atom.